The van der Waals surface area contributed by atoms with E-state index in [1.54, 1.807) is 36.6 Å². The Kier molecular flexibility index (Phi) is 3.29. The van der Waals surface area contributed by atoms with Crippen molar-refractivity contribution in [3.8, 4) is 28.7 Å². The molecule has 0 unspecified atom stereocenters. The zero-order valence-electron chi connectivity index (χ0n) is 13.1. The molecular weight excluding hydrogens is 318 g/mol. The van der Waals surface area contributed by atoms with Gasteiger partial charge in [-0.3, -0.25) is 0 Å². The Morgan fingerprint density at radius 3 is 2.84 bits per heavy atom. The van der Waals surface area contributed by atoms with Gasteiger partial charge in [-0.15, -0.1) is 0 Å². The molecule has 0 radical (unpaired) electrons. The van der Waals surface area contributed by atoms with Crippen LogP contribution < -0.4 is 5.73 Å². The Morgan fingerprint density at radius 1 is 1.32 bits per heavy atom. The van der Waals surface area contributed by atoms with Crippen LogP contribution in [0.15, 0.2) is 41.0 Å². The molecule has 3 N–H and O–H groups in total. The van der Waals surface area contributed by atoms with Crippen LogP contribution in [0.25, 0.3) is 22.6 Å². The lowest BCUT2D eigenvalue weighted by molar-refractivity contribution is 0.0697. The second-order valence-corrected chi connectivity index (χ2v) is 5.84. The van der Waals surface area contributed by atoms with Gasteiger partial charge < -0.3 is 15.3 Å². The Labute approximate surface area is 143 Å². The van der Waals surface area contributed by atoms with Gasteiger partial charge in [0.1, 0.15) is 23.2 Å². The quantitative estimate of drug-likeness (QED) is 0.745. The van der Waals surface area contributed by atoms with E-state index in [4.69, 9.17) is 10.2 Å². The molecule has 0 aliphatic heterocycles. The first-order valence-corrected chi connectivity index (χ1v) is 7.73. The number of aryl methyl sites for hydroxylation is 1. The SMILES string of the molecule is N#Cc1c(N)nc2c(c1-c1ccco1)CCc1cc(C(=O)O)ccc1-2. The third-order valence-electron chi connectivity index (χ3n) is 4.46. The number of aromatic carboxylic acids is 1. The van der Waals surface area contributed by atoms with E-state index in [0.717, 1.165) is 16.7 Å². The van der Waals surface area contributed by atoms with Gasteiger partial charge in [0.25, 0.3) is 0 Å². The molecule has 0 saturated carbocycles. The molecule has 2 aromatic heterocycles. The van der Waals surface area contributed by atoms with E-state index in [0.29, 0.717) is 35.4 Å². The predicted octanol–water partition coefficient (Wildman–Crippen LogP) is 3.26. The number of rotatable bonds is 2. The van der Waals surface area contributed by atoms with Crippen molar-refractivity contribution in [2.45, 2.75) is 12.8 Å². The summed E-state index contributed by atoms with van der Waals surface area (Å²) in [4.78, 5) is 15.6. The minimum atomic E-state index is -0.961. The molecule has 0 bridgehead atoms. The molecule has 2 heterocycles. The smallest absolute Gasteiger partial charge is 0.335 e. The molecule has 0 atom stereocenters. The predicted molar refractivity (Wildman–Crippen MR) is 90.9 cm³/mol. The number of carbonyl (C=O) groups is 1. The molecule has 0 spiro atoms. The number of fused-ring (bicyclic) bond motifs is 3. The van der Waals surface area contributed by atoms with Gasteiger partial charge in [-0.25, -0.2) is 9.78 Å². The maximum absolute atomic E-state index is 11.2. The Bertz CT molecular complexity index is 1050. The monoisotopic (exact) mass is 331 g/mol. The highest BCUT2D eigenvalue weighted by molar-refractivity contribution is 5.90. The summed E-state index contributed by atoms with van der Waals surface area (Å²) >= 11 is 0. The van der Waals surface area contributed by atoms with Crippen molar-refractivity contribution in [3.63, 3.8) is 0 Å². The van der Waals surface area contributed by atoms with Gasteiger partial charge in [-0.2, -0.15) is 5.26 Å². The number of furan rings is 1. The fourth-order valence-corrected chi connectivity index (χ4v) is 3.34. The number of nitrogens with zero attached hydrogens (tertiary/aromatic N) is 2. The molecular formula is C19H13N3O3. The van der Waals surface area contributed by atoms with Gasteiger partial charge >= 0.3 is 5.97 Å². The molecule has 122 valence electrons. The second kappa shape index (κ2) is 5.49. The molecule has 0 amide bonds. The minimum absolute atomic E-state index is 0.141. The largest absolute Gasteiger partial charge is 0.478 e. The minimum Gasteiger partial charge on any atom is -0.478 e. The zero-order valence-corrected chi connectivity index (χ0v) is 13.1. The van der Waals surface area contributed by atoms with Gasteiger partial charge in [-0.1, -0.05) is 6.07 Å². The van der Waals surface area contributed by atoms with Crippen LogP contribution in [0.5, 0.6) is 0 Å². The van der Waals surface area contributed by atoms with Gasteiger partial charge in [0.2, 0.25) is 0 Å². The molecule has 1 aromatic carbocycles. The number of carboxylic acid groups (broad SMARTS) is 1. The van der Waals surface area contributed by atoms with Crippen LogP contribution in [0.4, 0.5) is 5.82 Å². The van der Waals surface area contributed by atoms with E-state index in [-0.39, 0.29) is 11.4 Å². The van der Waals surface area contributed by atoms with Crippen molar-refractivity contribution in [3.05, 3.63) is 58.8 Å². The molecule has 25 heavy (non-hydrogen) atoms. The maximum atomic E-state index is 11.2. The van der Waals surface area contributed by atoms with Crippen molar-refractivity contribution < 1.29 is 14.3 Å². The number of nitriles is 1. The lowest BCUT2D eigenvalue weighted by Gasteiger charge is -2.23. The fraction of sp³-hybridized carbons (Fsp3) is 0.105. The first-order valence-electron chi connectivity index (χ1n) is 7.73. The summed E-state index contributed by atoms with van der Waals surface area (Å²) in [6, 6.07) is 10.7. The lowest BCUT2D eigenvalue weighted by atomic mass is 9.84. The van der Waals surface area contributed by atoms with Crippen LogP contribution in [0, 0.1) is 11.3 Å². The number of hydrogen-bond acceptors (Lipinski definition) is 5. The first-order chi connectivity index (χ1) is 12.1. The number of hydrogen-bond donors (Lipinski definition) is 2. The Balaban J connectivity index is 2.01. The molecule has 0 fully saturated rings. The second-order valence-electron chi connectivity index (χ2n) is 5.84. The van der Waals surface area contributed by atoms with Crippen molar-refractivity contribution in [1.82, 2.24) is 4.98 Å². The average molecular weight is 331 g/mol. The summed E-state index contributed by atoms with van der Waals surface area (Å²) in [6.45, 7) is 0. The highest BCUT2D eigenvalue weighted by atomic mass is 16.4. The number of benzene rings is 1. The first kappa shape index (κ1) is 15.0. The zero-order chi connectivity index (χ0) is 17.6. The third kappa shape index (κ3) is 2.25. The Morgan fingerprint density at radius 2 is 2.16 bits per heavy atom. The normalized spacial score (nSPS) is 12.1. The summed E-state index contributed by atoms with van der Waals surface area (Å²) in [5, 5.41) is 18.7. The third-order valence-corrected chi connectivity index (χ3v) is 4.46. The number of aromatic nitrogens is 1. The molecule has 3 aromatic rings. The van der Waals surface area contributed by atoms with Crippen LogP contribution in [0.2, 0.25) is 0 Å². The summed E-state index contributed by atoms with van der Waals surface area (Å²) in [6.07, 6.45) is 2.84. The number of pyridine rings is 1. The van der Waals surface area contributed by atoms with E-state index in [9.17, 15) is 15.2 Å². The highest BCUT2D eigenvalue weighted by Gasteiger charge is 2.27. The highest BCUT2D eigenvalue weighted by Crippen LogP contribution is 2.41. The number of nitrogen functional groups attached to an aromatic ring is 1. The number of carboxylic acids is 1. The topological polar surface area (TPSA) is 113 Å². The van der Waals surface area contributed by atoms with Crippen molar-refractivity contribution in [1.29, 1.82) is 5.26 Å². The number of anilines is 1. The van der Waals surface area contributed by atoms with Crippen LogP contribution in [0.3, 0.4) is 0 Å². The fourth-order valence-electron chi connectivity index (χ4n) is 3.34. The molecule has 0 saturated heterocycles. The van der Waals surface area contributed by atoms with Gasteiger partial charge in [0.15, 0.2) is 0 Å². The average Bonchev–Trinajstić information content (AvgIpc) is 3.14. The van der Waals surface area contributed by atoms with Crippen LogP contribution in [-0.2, 0) is 12.8 Å². The molecule has 6 nitrogen and oxygen atoms in total. The van der Waals surface area contributed by atoms with Crippen LogP contribution in [-0.4, -0.2) is 16.1 Å². The molecule has 1 aliphatic carbocycles. The van der Waals surface area contributed by atoms with Gasteiger partial charge in [0, 0.05) is 11.1 Å². The Hall–Kier alpha value is -3.59. The van der Waals surface area contributed by atoms with E-state index in [2.05, 4.69) is 11.1 Å². The van der Waals surface area contributed by atoms with Crippen molar-refractivity contribution >= 4 is 11.8 Å². The molecule has 6 heteroatoms. The van der Waals surface area contributed by atoms with E-state index in [1.807, 2.05) is 0 Å². The lowest BCUT2D eigenvalue weighted by Crippen LogP contribution is -2.12. The summed E-state index contributed by atoms with van der Waals surface area (Å²) in [5.41, 5.74) is 10.6. The summed E-state index contributed by atoms with van der Waals surface area (Å²) < 4.78 is 5.51. The number of nitrogens with two attached hydrogens (primary N) is 1. The van der Waals surface area contributed by atoms with E-state index < -0.39 is 5.97 Å². The van der Waals surface area contributed by atoms with Crippen LogP contribution in [0.1, 0.15) is 27.0 Å². The van der Waals surface area contributed by atoms with Crippen molar-refractivity contribution in [2.75, 3.05) is 5.73 Å². The summed E-state index contributed by atoms with van der Waals surface area (Å²) in [7, 11) is 0. The summed E-state index contributed by atoms with van der Waals surface area (Å²) in [5.74, 6) is -0.243. The van der Waals surface area contributed by atoms with Crippen molar-refractivity contribution in [2.24, 2.45) is 0 Å². The maximum Gasteiger partial charge on any atom is 0.335 e. The van der Waals surface area contributed by atoms with E-state index >= 15 is 0 Å². The van der Waals surface area contributed by atoms with Crippen LogP contribution >= 0.6 is 0 Å². The molecule has 1 aliphatic rings. The van der Waals surface area contributed by atoms with Gasteiger partial charge in [-0.05, 0) is 48.2 Å². The molecule has 4 rings (SSSR count). The van der Waals surface area contributed by atoms with Gasteiger partial charge in [0.05, 0.1) is 17.5 Å². The van der Waals surface area contributed by atoms with E-state index in [1.165, 1.54) is 0 Å². The standard InChI is InChI=1S/C19H13N3O3/c20-9-14-16(15-2-1-7-25-15)13-6-3-10-8-11(19(23)24)4-5-12(10)17(13)22-18(14)21/h1-2,4-5,7-8H,3,6H2,(H2,21,22)(H,23,24).